The summed E-state index contributed by atoms with van der Waals surface area (Å²) in [7, 11) is 2.10. The number of nitrogen functional groups attached to an aromatic ring is 1. The van der Waals surface area contributed by atoms with Crippen LogP contribution >= 0.6 is 0 Å². The van der Waals surface area contributed by atoms with Crippen molar-refractivity contribution in [3.05, 3.63) is 29.8 Å². The summed E-state index contributed by atoms with van der Waals surface area (Å²) in [5.74, 6) is 0. The standard InChI is InChI=1S/C14H24N2O/c1-3-4-9-17-10-8-16(2)12-13-6-5-7-14(15)11-13/h5-7,11H,3-4,8-10,12,15H2,1-2H3. The first-order valence-electron chi connectivity index (χ1n) is 6.33. The number of rotatable bonds is 8. The largest absolute Gasteiger partial charge is 0.399 e. The minimum absolute atomic E-state index is 0.804. The first-order chi connectivity index (χ1) is 8.22. The molecule has 1 aromatic carbocycles. The highest BCUT2D eigenvalue weighted by Crippen LogP contribution is 2.08. The molecular formula is C14H24N2O. The predicted molar refractivity (Wildman–Crippen MR) is 72.9 cm³/mol. The van der Waals surface area contributed by atoms with E-state index >= 15 is 0 Å². The summed E-state index contributed by atoms with van der Waals surface area (Å²) in [6.07, 6.45) is 2.35. The number of ether oxygens (including phenoxy) is 1. The Morgan fingerprint density at radius 2 is 2.12 bits per heavy atom. The highest BCUT2D eigenvalue weighted by atomic mass is 16.5. The number of nitrogens with zero attached hydrogens (tertiary/aromatic N) is 1. The molecule has 17 heavy (non-hydrogen) atoms. The van der Waals surface area contributed by atoms with E-state index in [1.807, 2.05) is 18.2 Å². The molecule has 0 spiro atoms. The highest BCUT2D eigenvalue weighted by Gasteiger charge is 2.00. The smallest absolute Gasteiger partial charge is 0.0593 e. The average molecular weight is 236 g/mol. The van der Waals surface area contributed by atoms with Crippen LogP contribution in [0.3, 0.4) is 0 Å². The van der Waals surface area contributed by atoms with Gasteiger partial charge in [-0.05, 0) is 31.2 Å². The van der Waals surface area contributed by atoms with Crippen LogP contribution in [-0.2, 0) is 11.3 Å². The van der Waals surface area contributed by atoms with Crippen LogP contribution in [0.5, 0.6) is 0 Å². The molecule has 0 unspecified atom stereocenters. The summed E-state index contributed by atoms with van der Waals surface area (Å²) in [5, 5.41) is 0. The first-order valence-corrected chi connectivity index (χ1v) is 6.33. The van der Waals surface area contributed by atoms with Gasteiger partial charge in [0.15, 0.2) is 0 Å². The Morgan fingerprint density at radius 1 is 1.29 bits per heavy atom. The molecular weight excluding hydrogens is 212 g/mol. The van der Waals surface area contributed by atoms with Crippen molar-refractivity contribution in [1.29, 1.82) is 0 Å². The third kappa shape index (κ3) is 6.29. The van der Waals surface area contributed by atoms with Crippen molar-refractivity contribution in [2.45, 2.75) is 26.3 Å². The lowest BCUT2D eigenvalue weighted by Gasteiger charge is -2.16. The van der Waals surface area contributed by atoms with Crippen LogP contribution in [0.1, 0.15) is 25.3 Å². The molecule has 0 aliphatic carbocycles. The van der Waals surface area contributed by atoms with E-state index in [9.17, 15) is 0 Å². The number of hydrogen-bond donors (Lipinski definition) is 1. The molecule has 3 heteroatoms. The number of benzene rings is 1. The monoisotopic (exact) mass is 236 g/mol. The van der Waals surface area contributed by atoms with Gasteiger partial charge in [-0.1, -0.05) is 25.5 Å². The third-order valence-electron chi connectivity index (χ3n) is 2.66. The van der Waals surface area contributed by atoms with E-state index in [2.05, 4.69) is 24.9 Å². The first kappa shape index (κ1) is 14.0. The second kappa shape index (κ2) is 8.09. The molecule has 0 aromatic heterocycles. The predicted octanol–water partition coefficient (Wildman–Crippen LogP) is 2.52. The second-order valence-corrected chi connectivity index (χ2v) is 4.45. The van der Waals surface area contributed by atoms with Crippen LogP contribution in [-0.4, -0.2) is 31.7 Å². The van der Waals surface area contributed by atoms with Gasteiger partial charge in [-0.3, -0.25) is 4.90 Å². The number of likely N-dealkylation sites (N-methyl/N-ethyl adjacent to an activating group) is 1. The van der Waals surface area contributed by atoms with Gasteiger partial charge in [0.1, 0.15) is 0 Å². The summed E-state index contributed by atoms with van der Waals surface area (Å²) in [6.45, 7) is 5.73. The van der Waals surface area contributed by atoms with Crippen molar-refractivity contribution in [1.82, 2.24) is 4.90 Å². The molecule has 96 valence electrons. The van der Waals surface area contributed by atoms with Crippen molar-refractivity contribution in [2.24, 2.45) is 0 Å². The number of nitrogens with two attached hydrogens (primary N) is 1. The maximum absolute atomic E-state index is 5.75. The Bertz CT molecular complexity index is 315. The lowest BCUT2D eigenvalue weighted by molar-refractivity contribution is 0.107. The second-order valence-electron chi connectivity index (χ2n) is 4.45. The summed E-state index contributed by atoms with van der Waals surface area (Å²) < 4.78 is 5.54. The normalized spacial score (nSPS) is 11.0. The van der Waals surface area contributed by atoms with E-state index in [-0.39, 0.29) is 0 Å². The van der Waals surface area contributed by atoms with Gasteiger partial charge >= 0.3 is 0 Å². The Labute approximate surface area is 105 Å². The van der Waals surface area contributed by atoms with Crippen LogP contribution in [0, 0.1) is 0 Å². The number of anilines is 1. The van der Waals surface area contributed by atoms with Gasteiger partial charge in [0, 0.05) is 25.4 Å². The van der Waals surface area contributed by atoms with E-state index < -0.39 is 0 Å². The summed E-state index contributed by atoms with van der Waals surface area (Å²) in [4.78, 5) is 2.25. The van der Waals surface area contributed by atoms with E-state index in [1.54, 1.807) is 0 Å². The average Bonchev–Trinajstić information content (AvgIpc) is 2.29. The summed E-state index contributed by atoms with van der Waals surface area (Å²) in [5.41, 5.74) is 7.83. The maximum atomic E-state index is 5.75. The van der Waals surface area contributed by atoms with Crippen LogP contribution in [0.4, 0.5) is 5.69 Å². The Hall–Kier alpha value is -1.06. The zero-order chi connectivity index (χ0) is 12.5. The molecule has 3 nitrogen and oxygen atoms in total. The Morgan fingerprint density at radius 3 is 2.82 bits per heavy atom. The molecule has 1 rings (SSSR count). The molecule has 0 saturated heterocycles. The molecule has 2 N–H and O–H groups in total. The van der Waals surface area contributed by atoms with Crippen molar-refractivity contribution < 1.29 is 4.74 Å². The van der Waals surface area contributed by atoms with Crippen molar-refractivity contribution in [3.8, 4) is 0 Å². The van der Waals surface area contributed by atoms with Crippen molar-refractivity contribution in [2.75, 3.05) is 32.5 Å². The van der Waals surface area contributed by atoms with E-state index in [0.29, 0.717) is 0 Å². The quantitative estimate of drug-likeness (QED) is 0.557. The molecule has 0 atom stereocenters. The lowest BCUT2D eigenvalue weighted by Crippen LogP contribution is -2.23. The van der Waals surface area contributed by atoms with Crippen LogP contribution in [0.2, 0.25) is 0 Å². The van der Waals surface area contributed by atoms with Crippen molar-refractivity contribution >= 4 is 5.69 Å². The molecule has 0 aliphatic rings. The molecule has 0 bridgehead atoms. The minimum Gasteiger partial charge on any atom is -0.399 e. The van der Waals surface area contributed by atoms with Gasteiger partial charge in [0.25, 0.3) is 0 Å². The van der Waals surface area contributed by atoms with E-state index in [1.165, 1.54) is 12.0 Å². The van der Waals surface area contributed by atoms with Crippen LogP contribution < -0.4 is 5.73 Å². The summed E-state index contributed by atoms with van der Waals surface area (Å²) >= 11 is 0. The molecule has 0 aliphatic heterocycles. The van der Waals surface area contributed by atoms with Crippen LogP contribution in [0.15, 0.2) is 24.3 Å². The molecule has 0 heterocycles. The molecule has 0 radical (unpaired) electrons. The van der Waals surface area contributed by atoms with Crippen LogP contribution in [0.25, 0.3) is 0 Å². The fourth-order valence-electron chi connectivity index (χ4n) is 1.65. The van der Waals surface area contributed by atoms with Gasteiger partial charge in [0.05, 0.1) is 6.61 Å². The minimum atomic E-state index is 0.804. The molecule has 1 aromatic rings. The highest BCUT2D eigenvalue weighted by molar-refractivity contribution is 5.40. The SMILES string of the molecule is CCCCOCCN(C)Cc1cccc(N)c1. The van der Waals surface area contributed by atoms with Gasteiger partial charge in [-0.15, -0.1) is 0 Å². The van der Waals surface area contributed by atoms with Gasteiger partial charge in [-0.25, -0.2) is 0 Å². The third-order valence-corrected chi connectivity index (χ3v) is 2.66. The maximum Gasteiger partial charge on any atom is 0.0593 e. The number of unbranched alkanes of at least 4 members (excludes halogenated alkanes) is 1. The van der Waals surface area contributed by atoms with Gasteiger partial charge in [0.2, 0.25) is 0 Å². The van der Waals surface area contributed by atoms with Crippen molar-refractivity contribution in [3.63, 3.8) is 0 Å². The molecule has 0 amide bonds. The lowest BCUT2D eigenvalue weighted by atomic mass is 10.2. The van der Waals surface area contributed by atoms with Gasteiger partial charge in [-0.2, -0.15) is 0 Å². The topological polar surface area (TPSA) is 38.5 Å². The summed E-state index contributed by atoms with van der Waals surface area (Å²) in [6, 6.07) is 8.03. The Balaban J connectivity index is 2.18. The fourth-order valence-corrected chi connectivity index (χ4v) is 1.65. The van der Waals surface area contributed by atoms with E-state index in [4.69, 9.17) is 10.5 Å². The fraction of sp³-hybridized carbons (Fsp3) is 0.571. The Kier molecular flexibility index (Phi) is 6.67. The zero-order valence-corrected chi connectivity index (χ0v) is 11.0. The van der Waals surface area contributed by atoms with Gasteiger partial charge < -0.3 is 10.5 Å². The zero-order valence-electron chi connectivity index (χ0n) is 11.0. The van der Waals surface area contributed by atoms with E-state index in [0.717, 1.165) is 38.4 Å². The molecule has 0 saturated carbocycles. The number of hydrogen-bond acceptors (Lipinski definition) is 3. The molecule has 0 fully saturated rings.